The van der Waals surface area contributed by atoms with E-state index in [9.17, 15) is 4.79 Å². The van der Waals surface area contributed by atoms with Crippen LogP contribution >= 0.6 is 0 Å². The molecule has 0 saturated heterocycles. The monoisotopic (exact) mass is 311 g/mol. The average Bonchev–Trinajstić information content (AvgIpc) is 3.02. The van der Waals surface area contributed by atoms with Gasteiger partial charge in [0.15, 0.2) is 0 Å². The molecule has 0 unspecified atom stereocenters. The minimum atomic E-state index is -0.117. The summed E-state index contributed by atoms with van der Waals surface area (Å²) < 4.78 is 6.76. The highest BCUT2D eigenvalue weighted by Crippen LogP contribution is 2.19. The van der Waals surface area contributed by atoms with Crippen LogP contribution in [0.5, 0.6) is 0 Å². The van der Waals surface area contributed by atoms with Crippen LogP contribution in [0.1, 0.15) is 17.3 Å². The minimum absolute atomic E-state index is 0.0347. The highest BCUT2D eigenvalue weighted by atomic mass is 16.5. The summed E-state index contributed by atoms with van der Waals surface area (Å²) >= 11 is 0. The van der Waals surface area contributed by atoms with Crippen molar-refractivity contribution < 1.29 is 9.53 Å². The molecule has 0 bridgehead atoms. The van der Waals surface area contributed by atoms with Crippen LogP contribution in [0.2, 0.25) is 0 Å². The van der Waals surface area contributed by atoms with Crippen molar-refractivity contribution in [2.75, 3.05) is 13.7 Å². The second-order valence-electron chi connectivity index (χ2n) is 5.29. The van der Waals surface area contributed by atoms with Gasteiger partial charge in [0, 0.05) is 36.7 Å². The molecular weight excluding hydrogens is 294 g/mol. The maximum atomic E-state index is 12.1. The fourth-order valence-corrected chi connectivity index (χ4v) is 2.29. The number of benzene rings is 1. The van der Waals surface area contributed by atoms with E-state index in [0.29, 0.717) is 17.9 Å². The van der Waals surface area contributed by atoms with Crippen molar-refractivity contribution in [3.05, 3.63) is 48.5 Å². The molecule has 0 saturated carbocycles. The molecule has 7 heteroatoms. The molecule has 2 heterocycles. The second-order valence-corrected chi connectivity index (χ2v) is 5.29. The van der Waals surface area contributed by atoms with Crippen LogP contribution in [-0.2, 0) is 4.74 Å². The van der Waals surface area contributed by atoms with E-state index in [-0.39, 0.29) is 11.9 Å². The molecule has 0 radical (unpaired) electrons. The molecule has 1 N–H and O–H groups in total. The van der Waals surface area contributed by atoms with Crippen molar-refractivity contribution in [3.63, 3.8) is 0 Å². The highest BCUT2D eigenvalue weighted by Gasteiger charge is 2.10. The Balaban J connectivity index is 1.77. The Morgan fingerprint density at radius 2 is 2.09 bits per heavy atom. The van der Waals surface area contributed by atoms with Crippen molar-refractivity contribution in [3.8, 4) is 11.1 Å². The summed E-state index contributed by atoms with van der Waals surface area (Å²) in [5, 5.41) is 10.6. The van der Waals surface area contributed by atoms with Gasteiger partial charge in [-0.05, 0) is 24.6 Å². The van der Waals surface area contributed by atoms with E-state index in [1.807, 2.05) is 25.3 Å². The minimum Gasteiger partial charge on any atom is -0.383 e. The van der Waals surface area contributed by atoms with Crippen LogP contribution in [-0.4, -0.2) is 45.2 Å². The highest BCUT2D eigenvalue weighted by molar-refractivity contribution is 5.94. The van der Waals surface area contributed by atoms with Gasteiger partial charge in [0.2, 0.25) is 0 Å². The van der Waals surface area contributed by atoms with Gasteiger partial charge in [-0.2, -0.15) is 0 Å². The van der Waals surface area contributed by atoms with Gasteiger partial charge < -0.3 is 10.1 Å². The number of hydrogen-bond acceptors (Lipinski definition) is 5. The Morgan fingerprint density at radius 1 is 1.30 bits per heavy atom. The molecule has 1 amide bonds. The largest absolute Gasteiger partial charge is 0.383 e. The standard InChI is InChI=1S/C16H17N5O2/c1-11(9-23-2)19-15(22)13-5-3-12(4-6-13)14-7-17-16-20-18-10-21(16)8-14/h3-8,10-11H,9H2,1-2H3,(H,19,22)/t11-/m0/s1. The van der Waals surface area contributed by atoms with Crippen molar-refractivity contribution >= 4 is 11.7 Å². The number of amides is 1. The first-order valence-corrected chi connectivity index (χ1v) is 7.23. The van der Waals surface area contributed by atoms with Crippen LogP contribution in [0.3, 0.4) is 0 Å². The zero-order valence-electron chi connectivity index (χ0n) is 12.9. The molecule has 1 atom stereocenters. The number of hydrogen-bond donors (Lipinski definition) is 1. The number of fused-ring (bicyclic) bond motifs is 1. The number of carbonyl (C=O) groups is 1. The topological polar surface area (TPSA) is 81.4 Å². The number of aromatic nitrogens is 4. The lowest BCUT2D eigenvalue weighted by Crippen LogP contribution is -2.35. The van der Waals surface area contributed by atoms with Crippen LogP contribution in [0.4, 0.5) is 0 Å². The SMILES string of the molecule is COC[C@H](C)NC(=O)c1ccc(-c2cnc3nncn3c2)cc1. The Morgan fingerprint density at radius 3 is 2.83 bits per heavy atom. The summed E-state index contributed by atoms with van der Waals surface area (Å²) in [5.74, 6) is 0.436. The molecule has 118 valence electrons. The van der Waals surface area contributed by atoms with Crippen molar-refractivity contribution in [2.24, 2.45) is 0 Å². The molecule has 0 spiro atoms. The average molecular weight is 311 g/mol. The Kier molecular flexibility index (Phi) is 4.29. The molecule has 3 aromatic rings. The number of rotatable bonds is 5. The third-order valence-electron chi connectivity index (χ3n) is 3.43. The van der Waals surface area contributed by atoms with E-state index in [2.05, 4.69) is 20.5 Å². The van der Waals surface area contributed by atoms with Gasteiger partial charge in [-0.25, -0.2) is 4.98 Å². The third-order valence-corrected chi connectivity index (χ3v) is 3.43. The smallest absolute Gasteiger partial charge is 0.254 e. The summed E-state index contributed by atoms with van der Waals surface area (Å²) in [4.78, 5) is 16.3. The van der Waals surface area contributed by atoms with Gasteiger partial charge in [0.1, 0.15) is 6.33 Å². The number of nitrogens with zero attached hydrogens (tertiary/aromatic N) is 4. The Labute approximate surface area is 133 Å². The van der Waals surface area contributed by atoms with Crippen molar-refractivity contribution in [2.45, 2.75) is 13.0 Å². The predicted octanol–water partition coefficient (Wildman–Crippen LogP) is 1.56. The summed E-state index contributed by atoms with van der Waals surface area (Å²) in [6.07, 6.45) is 5.24. The lowest BCUT2D eigenvalue weighted by Gasteiger charge is -2.12. The second kappa shape index (κ2) is 6.53. The van der Waals surface area contributed by atoms with E-state index >= 15 is 0 Å². The molecule has 0 aliphatic carbocycles. The van der Waals surface area contributed by atoms with E-state index in [4.69, 9.17) is 4.74 Å². The molecule has 0 fully saturated rings. The number of carbonyl (C=O) groups excluding carboxylic acids is 1. The molecule has 7 nitrogen and oxygen atoms in total. The zero-order chi connectivity index (χ0) is 16.2. The maximum Gasteiger partial charge on any atom is 0.254 e. The Bertz CT molecular complexity index is 813. The number of nitrogens with one attached hydrogen (secondary N) is 1. The van der Waals surface area contributed by atoms with E-state index in [1.165, 1.54) is 0 Å². The van der Waals surface area contributed by atoms with Crippen LogP contribution in [0.15, 0.2) is 43.0 Å². The molecule has 23 heavy (non-hydrogen) atoms. The molecular formula is C16H17N5O2. The quantitative estimate of drug-likeness (QED) is 0.773. The molecule has 2 aromatic heterocycles. The molecule has 1 aromatic carbocycles. The zero-order valence-corrected chi connectivity index (χ0v) is 12.9. The molecule has 3 rings (SSSR count). The van der Waals surface area contributed by atoms with Crippen molar-refractivity contribution in [1.82, 2.24) is 24.9 Å². The van der Waals surface area contributed by atoms with E-state index < -0.39 is 0 Å². The van der Waals surface area contributed by atoms with Gasteiger partial charge in [0.25, 0.3) is 11.7 Å². The first kappa shape index (κ1) is 15.1. The van der Waals surface area contributed by atoms with E-state index in [0.717, 1.165) is 11.1 Å². The van der Waals surface area contributed by atoms with Crippen molar-refractivity contribution in [1.29, 1.82) is 0 Å². The maximum absolute atomic E-state index is 12.1. The number of ether oxygens (including phenoxy) is 1. The van der Waals surface area contributed by atoms with Crippen LogP contribution in [0.25, 0.3) is 16.9 Å². The first-order chi connectivity index (χ1) is 11.2. The first-order valence-electron chi connectivity index (χ1n) is 7.23. The fraction of sp³-hybridized carbons (Fsp3) is 0.250. The van der Waals surface area contributed by atoms with Gasteiger partial charge in [-0.1, -0.05) is 12.1 Å². The predicted molar refractivity (Wildman–Crippen MR) is 85.0 cm³/mol. The molecule has 0 aliphatic heterocycles. The number of methoxy groups -OCH3 is 1. The van der Waals surface area contributed by atoms with Crippen LogP contribution < -0.4 is 5.32 Å². The third kappa shape index (κ3) is 3.35. The molecule has 0 aliphatic rings. The lowest BCUT2D eigenvalue weighted by atomic mass is 10.1. The Hall–Kier alpha value is -2.80. The summed E-state index contributed by atoms with van der Waals surface area (Å²) in [6, 6.07) is 7.33. The normalized spacial score (nSPS) is 12.3. The summed E-state index contributed by atoms with van der Waals surface area (Å²) in [6.45, 7) is 2.38. The fourth-order valence-electron chi connectivity index (χ4n) is 2.29. The van der Waals surface area contributed by atoms with Crippen LogP contribution in [0, 0.1) is 0 Å². The van der Waals surface area contributed by atoms with Gasteiger partial charge in [-0.3, -0.25) is 9.20 Å². The summed E-state index contributed by atoms with van der Waals surface area (Å²) in [5.41, 5.74) is 2.50. The van der Waals surface area contributed by atoms with E-state index in [1.54, 1.807) is 36.2 Å². The summed E-state index contributed by atoms with van der Waals surface area (Å²) in [7, 11) is 1.61. The van der Waals surface area contributed by atoms with Gasteiger partial charge >= 0.3 is 0 Å². The van der Waals surface area contributed by atoms with Gasteiger partial charge in [-0.15, -0.1) is 10.2 Å². The van der Waals surface area contributed by atoms with Gasteiger partial charge in [0.05, 0.1) is 6.61 Å². The lowest BCUT2D eigenvalue weighted by molar-refractivity contribution is 0.0905.